The summed E-state index contributed by atoms with van der Waals surface area (Å²) in [6, 6.07) is 5.18. The number of nitrogens with zero attached hydrogens (tertiary/aromatic N) is 2. The second-order valence-electron chi connectivity index (χ2n) is 3.47. The van der Waals surface area contributed by atoms with Crippen molar-refractivity contribution in [3.63, 3.8) is 0 Å². The predicted molar refractivity (Wildman–Crippen MR) is 64.6 cm³/mol. The summed E-state index contributed by atoms with van der Waals surface area (Å²) >= 11 is 3.04. The minimum Gasteiger partial charge on any atom is -0.381 e. The van der Waals surface area contributed by atoms with E-state index in [1.807, 2.05) is 0 Å². The van der Waals surface area contributed by atoms with Crippen LogP contribution in [-0.2, 0) is 6.18 Å². The summed E-state index contributed by atoms with van der Waals surface area (Å²) in [6.45, 7) is 0. The van der Waals surface area contributed by atoms with Gasteiger partial charge >= 0.3 is 6.18 Å². The number of halogens is 4. The molecule has 7 heteroatoms. The summed E-state index contributed by atoms with van der Waals surface area (Å²) in [4.78, 5) is 7.73. The molecule has 2 aromatic rings. The topological polar surface area (TPSA) is 51.8 Å². The molecule has 0 bridgehead atoms. The molecule has 1 aromatic heterocycles. The van der Waals surface area contributed by atoms with E-state index in [9.17, 15) is 13.2 Å². The molecule has 0 aliphatic carbocycles. The van der Waals surface area contributed by atoms with Gasteiger partial charge in [-0.05, 0) is 22.0 Å². The molecule has 0 unspecified atom stereocenters. The first-order valence-corrected chi connectivity index (χ1v) is 5.63. The highest BCUT2D eigenvalue weighted by molar-refractivity contribution is 9.10. The van der Waals surface area contributed by atoms with Gasteiger partial charge < -0.3 is 5.73 Å². The number of alkyl halides is 3. The second kappa shape index (κ2) is 4.56. The number of hydrogen-bond donors (Lipinski definition) is 1. The molecular formula is C11H7BrF3N3. The van der Waals surface area contributed by atoms with Crippen molar-refractivity contribution in [1.29, 1.82) is 0 Å². The first-order valence-electron chi connectivity index (χ1n) is 4.84. The van der Waals surface area contributed by atoms with E-state index in [-0.39, 0.29) is 21.7 Å². The Kier molecular flexibility index (Phi) is 3.25. The van der Waals surface area contributed by atoms with E-state index in [0.717, 1.165) is 6.07 Å². The Morgan fingerprint density at radius 2 is 1.83 bits per heavy atom. The molecule has 0 fully saturated rings. The maximum atomic E-state index is 12.8. The highest BCUT2D eigenvalue weighted by Gasteiger charge is 2.33. The van der Waals surface area contributed by atoms with Gasteiger partial charge in [-0.2, -0.15) is 13.2 Å². The van der Waals surface area contributed by atoms with Crippen LogP contribution >= 0.6 is 15.9 Å². The van der Waals surface area contributed by atoms with Crippen molar-refractivity contribution in [2.75, 3.05) is 5.73 Å². The van der Waals surface area contributed by atoms with Crippen molar-refractivity contribution >= 4 is 21.7 Å². The number of nitrogens with two attached hydrogens (primary N) is 1. The van der Waals surface area contributed by atoms with Gasteiger partial charge in [0.1, 0.15) is 4.60 Å². The lowest BCUT2D eigenvalue weighted by atomic mass is 10.0. The van der Waals surface area contributed by atoms with Gasteiger partial charge in [-0.1, -0.05) is 18.2 Å². The Bertz CT molecular complexity index is 584. The van der Waals surface area contributed by atoms with Crippen molar-refractivity contribution in [2.45, 2.75) is 6.18 Å². The zero-order valence-corrected chi connectivity index (χ0v) is 10.5. The number of nitrogen functional groups attached to an aromatic ring is 1. The number of benzene rings is 1. The summed E-state index contributed by atoms with van der Waals surface area (Å²) in [7, 11) is 0. The molecule has 2 N–H and O–H groups in total. The normalized spacial score (nSPS) is 11.6. The maximum Gasteiger partial charge on any atom is 0.417 e. The van der Waals surface area contributed by atoms with Gasteiger partial charge in [0, 0.05) is 5.56 Å². The summed E-state index contributed by atoms with van der Waals surface area (Å²) in [6.07, 6.45) is -3.23. The molecular weight excluding hydrogens is 311 g/mol. The van der Waals surface area contributed by atoms with Crippen LogP contribution in [0, 0.1) is 0 Å². The van der Waals surface area contributed by atoms with Crippen LogP contribution in [0.2, 0.25) is 0 Å². The summed E-state index contributed by atoms with van der Waals surface area (Å²) < 4.78 is 38.7. The number of aromatic nitrogens is 2. The van der Waals surface area contributed by atoms with Gasteiger partial charge in [0.2, 0.25) is 0 Å². The fraction of sp³-hybridized carbons (Fsp3) is 0.0909. The molecule has 0 aliphatic heterocycles. The fourth-order valence-electron chi connectivity index (χ4n) is 1.46. The quantitative estimate of drug-likeness (QED) is 0.875. The molecule has 0 amide bonds. The van der Waals surface area contributed by atoms with E-state index < -0.39 is 11.7 Å². The second-order valence-corrected chi connectivity index (χ2v) is 4.23. The zero-order chi connectivity index (χ0) is 13.3. The van der Waals surface area contributed by atoms with E-state index in [2.05, 4.69) is 25.9 Å². The molecule has 18 heavy (non-hydrogen) atoms. The zero-order valence-electron chi connectivity index (χ0n) is 8.87. The van der Waals surface area contributed by atoms with Gasteiger partial charge in [0.25, 0.3) is 0 Å². The van der Waals surface area contributed by atoms with Crippen LogP contribution in [0.5, 0.6) is 0 Å². The van der Waals surface area contributed by atoms with Crippen LogP contribution in [0.25, 0.3) is 11.3 Å². The van der Waals surface area contributed by atoms with Gasteiger partial charge in [0.15, 0.2) is 5.82 Å². The van der Waals surface area contributed by atoms with Crippen molar-refractivity contribution in [2.24, 2.45) is 0 Å². The Morgan fingerprint density at radius 3 is 2.44 bits per heavy atom. The van der Waals surface area contributed by atoms with Crippen molar-refractivity contribution < 1.29 is 13.2 Å². The van der Waals surface area contributed by atoms with Gasteiger partial charge in [0.05, 0.1) is 17.5 Å². The molecule has 2 rings (SSSR count). The molecule has 0 saturated heterocycles. The lowest BCUT2D eigenvalue weighted by Gasteiger charge is -2.12. The third kappa shape index (κ3) is 2.45. The van der Waals surface area contributed by atoms with Crippen molar-refractivity contribution in [3.05, 3.63) is 40.6 Å². The van der Waals surface area contributed by atoms with Gasteiger partial charge in [-0.15, -0.1) is 0 Å². The van der Waals surface area contributed by atoms with E-state index in [1.165, 1.54) is 24.4 Å². The molecule has 1 aromatic carbocycles. The van der Waals surface area contributed by atoms with Crippen LogP contribution in [-0.4, -0.2) is 9.97 Å². The maximum absolute atomic E-state index is 12.8. The van der Waals surface area contributed by atoms with Crippen LogP contribution in [0.1, 0.15) is 5.56 Å². The minimum absolute atomic E-state index is 0.0294. The van der Waals surface area contributed by atoms with Crippen LogP contribution in [0.3, 0.4) is 0 Å². The standard InChI is InChI=1S/C11H7BrF3N3/c12-9-10(16)17-5-8(18-9)6-3-1-2-4-7(6)11(13,14)15/h1-5H,(H2,16,17). The third-order valence-corrected chi connectivity index (χ3v) is 2.85. The van der Waals surface area contributed by atoms with Crippen LogP contribution in [0.4, 0.5) is 19.0 Å². The highest BCUT2D eigenvalue weighted by atomic mass is 79.9. The highest BCUT2D eigenvalue weighted by Crippen LogP contribution is 2.36. The van der Waals surface area contributed by atoms with Crippen molar-refractivity contribution in [1.82, 2.24) is 9.97 Å². The molecule has 3 nitrogen and oxygen atoms in total. The lowest BCUT2D eigenvalue weighted by Crippen LogP contribution is -2.07. The number of rotatable bonds is 1. The van der Waals surface area contributed by atoms with Crippen LogP contribution < -0.4 is 5.73 Å². The van der Waals surface area contributed by atoms with Gasteiger partial charge in [-0.3, -0.25) is 0 Å². The van der Waals surface area contributed by atoms with Gasteiger partial charge in [-0.25, -0.2) is 9.97 Å². The smallest absolute Gasteiger partial charge is 0.381 e. The summed E-state index contributed by atoms with van der Waals surface area (Å²) in [5.74, 6) is 0.128. The monoisotopic (exact) mass is 317 g/mol. The molecule has 0 saturated carbocycles. The van der Waals surface area contributed by atoms with E-state index in [1.54, 1.807) is 0 Å². The van der Waals surface area contributed by atoms with E-state index >= 15 is 0 Å². The van der Waals surface area contributed by atoms with Crippen molar-refractivity contribution in [3.8, 4) is 11.3 Å². The molecule has 0 atom stereocenters. The minimum atomic E-state index is -4.44. The largest absolute Gasteiger partial charge is 0.417 e. The SMILES string of the molecule is Nc1ncc(-c2ccccc2C(F)(F)F)nc1Br. The molecule has 1 heterocycles. The molecule has 0 spiro atoms. The molecule has 0 radical (unpaired) electrons. The Labute approximate surface area is 109 Å². The summed E-state index contributed by atoms with van der Waals surface area (Å²) in [5, 5.41) is 0. The van der Waals surface area contributed by atoms with E-state index in [0.29, 0.717) is 0 Å². The van der Waals surface area contributed by atoms with E-state index in [4.69, 9.17) is 5.73 Å². The average molecular weight is 318 g/mol. The first-order chi connectivity index (χ1) is 8.39. The molecule has 0 aliphatic rings. The number of hydrogen-bond acceptors (Lipinski definition) is 3. The lowest BCUT2D eigenvalue weighted by molar-refractivity contribution is -0.137. The fourth-order valence-corrected chi connectivity index (χ4v) is 1.75. The first kappa shape index (κ1) is 12.8. The number of anilines is 1. The van der Waals surface area contributed by atoms with Crippen LogP contribution in [0.15, 0.2) is 35.1 Å². The Balaban J connectivity index is 2.61. The average Bonchev–Trinajstić information content (AvgIpc) is 2.32. The third-order valence-electron chi connectivity index (χ3n) is 2.26. The predicted octanol–water partition coefficient (Wildman–Crippen LogP) is 3.51. The Hall–Kier alpha value is -1.63. The Morgan fingerprint density at radius 1 is 1.17 bits per heavy atom. The summed E-state index contributed by atoms with van der Waals surface area (Å²) in [5.41, 5.74) is 4.78. The molecule has 94 valence electrons.